The Labute approximate surface area is 155 Å². The van der Waals surface area contributed by atoms with Gasteiger partial charge in [-0.25, -0.2) is 0 Å². The number of hydrogen-bond donors (Lipinski definition) is 1. The first-order valence-corrected chi connectivity index (χ1v) is 12.3. The Morgan fingerprint density at radius 1 is 0.625 bits per heavy atom. The average Bonchev–Trinajstić information content (AvgIpc) is 3.03. The van der Waals surface area contributed by atoms with Crippen molar-refractivity contribution in [2.45, 2.75) is 114 Å². The van der Waals surface area contributed by atoms with E-state index in [2.05, 4.69) is 17.1 Å². The molecular weight excluding hydrogens is 310 g/mol. The molecule has 0 aromatic carbocycles. The van der Waals surface area contributed by atoms with Gasteiger partial charge in [0.25, 0.3) is 0 Å². The van der Waals surface area contributed by atoms with Gasteiger partial charge in [-0.15, -0.1) is 0 Å². The van der Waals surface area contributed by atoms with Crippen LogP contribution in [0.4, 0.5) is 0 Å². The summed E-state index contributed by atoms with van der Waals surface area (Å²) in [5.41, 5.74) is 0. The summed E-state index contributed by atoms with van der Waals surface area (Å²) in [7, 11) is 0. The first kappa shape index (κ1) is 19.1. The molecule has 0 heterocycles. The minimum absolute atomic E-state index is 0.827. The lowest BCUT2D eigenvalue weighted by Crippen LogP contribution is -2.38. The minimum Gasteiger partial charge on any atom is -0.314 e. The van der Waals surface area contributed by atoms with Crippen LogP contribution in [-0.4, -0.2) is 23.6 Å². The highest BCUT2D eigenvalue weighted by Gasteiger charge is 2.24. The highest BCUT2D eigenvalue weighted by molar-refractivity contribution is 7.99. The quantitative estimate of drug-likeness (QED) is 0.544. The topological polar surface area (TPSA) is 12.0 Å². The molecule has 1 N–H and O–H groups in total. The van der Waals surface area contributed by atoms with Crippen LogP contribution in [0.2, 0.25) is 0 Å². The molecule has 0 saturated heterocycles. The van der Waals surface area contributed by atoms with Crippen LogP contribution in [0.1, 0.15) is 103 Å². The maximum Gasteiger partial charge on any atom is 0.00777 e. The standard InChI is InChI=1S/C22H41NS/c1-2-6-11-19(10-5-1)17-23-21-14-9-15-22(16-21)24-18-20-12-7-3-4-8-13-20/h19-23H,1-18H2. The van der Waals surface area contributed by atoms with Crippen LogP contribution in [0.25, 0.3) is 0 Å². The summed E-state index contributed by atoms with van der Waals surface area (Å²) in [6.45, 7) is 1.31. The summed E-state index contributed by atoms with van der Waals surface area (Å²) in [6, 6.07) is 0.827. The van der Waals surface area contributed by atoms with Crippen LogP contribution in [0.3, 0.4) is 0 Å². The lowest BCUT2D eigenvalue weighted by Gasteiger charge is -2.31. The zero-order valence-electron chi connectivity index (χ0n) is 15.9. The zero-order chi connectivity index (χ0) is 16.5. The van der Waals surface area contributed by atoms with Gasteiger partial charge < -0.3 is 5.32 Å². The molecule has 140 valence electrons. The van der Waals surface area contributed by atoms with Gasteiger partial charge in [-0.1, -0.05) is 57.8 Å². The molecule has 2 atom stereocenters. The molecule has 2 unspecified atom stereocenters. The summed E-state index contributed by atoms with van der Waals surface area (Å²) < 4.78 is 0. The first-order valence-electron chi connectivity index (χ1n) is 11.2. The normalized spacial score (nSPS) is 31.5. The summed E-state index contributed by atoms with van der Waals surface area (Å²) in [4.78, 5) is 0. The van der Waals surface area contributed by atoms with Gasteiger partial charge in [0.2, 0.25) is 0 Å². The minimum atomic E-state index is 0.827. The second-order valence-electron chi connectivity index (χ2n) is 8.94. The Kier molecular flexibility index (Phi) is 8.84. The van der Waals surface area contributed by atoms with Gasteiger partial charge >= 0.3 is 0 Å². The van der Waals surface area contributed by atoms with E-state index < -0.39 is 0 Å². The van der Waals surface area contributed by atoms with Crippen molar-refractivity contribution in [1.29, 1.82) is 0 Å². The van der Waals surface area contributed by atoms with E-state index in [9.17, 15) is 0 Å². The van der Waals surface area contributed by atoms with E-state index in [1.807, 2.05) is 0 Å². The largest absolute Gasteiger partial charge is 0.314 e. The molecule has 0 bridgehead atoms. The molecule has 0 radical (unpaired) electrons. The van der Waals surface area contributed by atoms with Crippen LogP contribution < -0.4 is 5.32 Å². The van der Waals surface area contributed by atoms with E-state index in [4.69, 9.17) is 0 Å². The summed E-state index contributed by atoms with van der Waals surface area (Å²) in [5.74, 6) is 3.48. The Morgan fingerprint density at radius 3 is 1.92 bits per heavy atom. The van der Waals surface area contributed by atoms with E-state index in [0.717, 1.165) is 23.1 Å². The lowest BCUT2D eigenvalue weighted by molar-refractivity contribution is 0.336. The Bertz CT molecular complexity index is 286. The Balaban J connectivity index is 1.33. The van der Waals surface area contributed by atoms with Crippen molar-refractivity contribution in [3.63, 3.8) is 0 Å². The fourth-order valence-electron chi connectivity index (χ4n) is 5.19. The highest BCUT2D eigenvalue weighted by Crippen LogP contribution is 2.33. The second-order valence-corrected chi connectivity index (χ2v) is 10.3. The number of thioether (sulfide) groups is 1. The van der Waals surface area contributed by atoms with E-state index >= 15 is 0 Å². The predicted molar refractivity (Wildman–Crippen MR) is 109 cm³/mol. The van der Waals surface area contributed by atoms with Crippen LogP contribution >= 0.6 is 11.8 Å². The third-order valence-electron chi connectivity index (χ3n) is 6.84. The average molecular weight is 352 g/mol. The van der Waals surface area contributed by atoms with Gasteiger partial charge in [-0.3, -0.25) is 0 Å². The predicted octanol–water partition coefficient (Wildman–Crippen LogP) is 6.56. The molecule has 3 saturated carbocycles. The van der Waals surface area contributed by atoms with Crippen molar-refractivity contribution in [1.82, 2.24) is 5.32 Å². The van der Waals surface area contributed by atoms with Gasteiger partial charge in [0.15, 0.2) is 0 Å². The highest BCUT2D eigenvalue weighted by atomic mass is 32.2. The molecular formula is C22H41NS. The van der Waals surface area contributed by atoms with Crippen LogP contribution in [0.15, 0.2) is 0 Å². The van der Waals surface area contributed by atoms with Crippen molar-refractivity contribution >= 4 is 11.8 Å². The second kappa shape index (κ2) is 11.1. The van der Waals surface area contributed by atoms with Gasteiger partial charge in [0.05, 0.1) is 0 Å². The van der Waals surface area contributed by atoms with Crippen LogP contribution in [0.5, 0.6) is 0 Å². The monoisotopic (exact) mass is 351 g/mol. The van der Waals surface area contributed by atoms with Gasteiger partial charge in [0, 0.05) is 11.3 Å². The van der Waals surface area contributed by atoms with E-state index in [1.54, 1.807) is 0 Å². The SMILES string of the molecule is C1CCCC(CNC2CCCC(SCC3CCCCCC3)C2)CC1. The van der Waals surface area contributed by atoms with Crippen LogP contribution in [0, 0.1) is 11.8 Å². The Morgan fingerprint density at radius 2 is 1.25 bits per heavy atom. The third kappa shape index (κ3) is 6.90. The molecule has 0 aromatic heterocycles. The molecule has 0 aromatic rings. The van der Waals surface area contributed by atoms with Gasteiger partial charge in [-0.2, -0.15) is 11.8 Å². The number of hydrogen-bond acceptors (Lipinski definition) is 2. The third-order valence-corrected chi connectivity index (χ3v) is 8.40. The van der Waals surface area contributed by atoms with Crippen molar-refractivity contribution in [2.24, 2.45) is 11.8 Å². The molecule has 0 amide bonds. The first-order chi connectivity index (χ1) is 11.9. The Hall–Kier alpha value is 0.310. The van der Waals surface area contributed by atoms with Gasteiger partial charge in [-0.05, 0) is 69.1 Å². The molecule has 0 aliphatic heterocycles. The molecule has 2 heteroatoms. The van der Waals surface area contributed by atoms with E-state index in [-0.39, 0.29) is 0 Å². The van der Waals surface area contributed by atoms with E-state index in [0.29, 0.717) is 0 Å². The molecule has 3 aliphatic rings. The fourth-order valence-corrected chi connectivity index (χ4v) is 6.77. The van der Waals surface area contributed by atoms with E-state index in [1.165, 1.54) is 115 Å². The number of rotatable bonds is 6. The molecule has 3 rings (SSSR count). The smallest absolute Gasteiger partial charge is 0.00777 e. The molecule has 3 aliphatic carbocycles. The zero-order valence-corrected chi connectivity index (χ0v) is 16.8. The summed E-state index contributed by atoms with van der Waals surface area (Å²) in [6.07, 6.45) is 23.8. The maximum absolute atomic E-state index is 3.98. The molecule has 0 spiro atoms. The summed E-state index contributed by atoms with van der Waals surface area (Å²) in [5, 5.41) is 4.94. The van der Waals surface area contributed by atoms with Crippen molar-refractivity contribution in [3.8, 4) is 0 Å². The fraction of sp³-hybridized carbons (Fsp3) is 1.00. The van der Waals surface area contributed by atoms with Crippen molar-refractivity contribution in [3.05, 3.63) is 0 Å². The molecule has 3 fully saturated rings. The van der Waals surface area contributed by atoms with Crippen LogP contribution in [-0.2, 0) is 0 Å². The van der Waals surface area contributed by atoms with Crippen molar-refractivity contribution in [2.75, 3.05) is 12.3 Å². The molecule has 24 heavy (non-hydrogen) atoms. The van der Waals surface area contributed by atoms with Crippen molar-refractivity contribution < 1.29 is 0 Å². The van der Waals surface area contributed by atoms with Gasteiger partial charge in [0.1, 0.15) is 0 Å². The summed E-state index contributed by atoms with van der Waals surface area (Å²) >= 11 is 2.34. The molecule has 1 nitrogen and oxygen atoms in total. The lowest BCUT2D eigenvalue weighted by atomic mass is 9.93. The maximum atomic E-state index is 3.98. The number of nitrogens with one attached hydrogen (secondary N) is 1.